The van der Waals surface area contributed by atoms with Crippen LogP contribution in [0.3, 0.4) is 0 Å². The summed E-state index contributed by atoms with van der Waals surface area (Å²) in [5, 5.41) is 19.5. The van der Waals surface area contributed by atoms with Gasteiger partial charge in [0.2, 0.25) is 0 Å². The normalized spacial score (nSPS) is 14.7. The topological polar surface area (TPSA) is 131 Å². The first-order chi connectivity index (χ1) is 17.0. The number of nitrogens with two attached hydrogens (primary N) is 1. The molecule has 0 spiro atoms. The molecule has 2 aliphatic carbocycles. The molecule has 174 valence electrons. The molecule has 6 rings (SSSR count). The molecule has 3 aromatic heterocycles. The maximum Gasteiger partial charge on any atom is 0.166 e. The van der Waals surface area contributed by atoms with Crippen LogP contribution in [0.25, 0.3) is 28.1 Å². The molecule has 3 heterocycles. The number of nitrogen functional groups attached to an aromatic ring is 1. The van der Waals surface area contributed by atoms with Crippen molar-refractivity contribution in [2.24, 2.45) is 5.92 Å². The lowest BCUT2D eigenvalue weighted by molar-refractivity contribution is 0.0994. The van der Waals surface area contributed by atoms with Gasteiger partial charge in [-0.1, -0.05) is 12.1 Å². The van der Waals surface area contributed by atoms with Gasteiger partial charge in [-0.15, -0.1) is 0 Å². The molecule has 0 aliphatic heterocycles. The Hall–Kier alpha value is -4.45. The zero-order valence-electron chi connectivity index (χ0n) is 19.3. The third-order valence-electron chi connectivity index (χ3n) is 6.64. The van der Waals surface area contributed by atoms with Gasteiger partial charge >= 0.3 is 0 Å². The number of rotatable bonds is 4. The summed E-state index contributed by atoms with van der Waals surface area (Å²) in [4.78, 5) is 20.3. The van der Waals surface area contributed by atoms with Crippen LogP contribution in [0.5, 0.6) is 0 Å². The molecule has 0 saturated heterocycles. The third-order valence-corrected chi connectivity index (χ3v) is 6.64. The first-order valence-electron chi connectivity index (χ1n) is 11.7. The minimum absolute atomic E-state index is 0.123. The number of H-pyrrole nitrogens is 1. The molecule has 3 N–H and O–H groups in total. The number of aromatic nitrogens is 6. The quantitative estimate of drug-likeness (QED) is 0.469. The van der Waals surface area contributed by atoms with E-state index in [0.717, 1.165) is 34.5 Å². The summed E-state index contributed by atoms with van der Waals surface area (Å²) < 4.78 is 3.70. The highest BCUT2D eigenvalue weighted by atomic mass is 16.1. The van der Waals surface area contributed by atoms with Crippen molar-refractivity contribution in [3.63, 3.8) is 0 Å². The van der Waals surface area contributed by atoms with Gasteiger partial charge in [-0.3, -0.25) is 4.79 Å². The van der Waals surface area contributed by atoms with E-state index in [2.05, 4.69) is 21.1 Å². The zero-order chi connectivity index (χ0) is 24.1. The van der Waals surface area contributed by atoms with Crippen molar-refractivity contribution >= 4 is 22.6 Å². The number of nitriles is 1. The smallest absolute Gasteiger partial charge is 0.166 e. The fourth-order valence-electron chi connectivity index (χ4n) is 4.73. The molecule has 1 aromatic carbocycles. The molecule has 1 fully saturated rings. The van der Waals surface area contributed by atoms with Crippen molar-refractivity contribution in [1.29, 1.82) is 5.26 Å². The molecule has 9 heteroatoms. The average molecular weight is 465 g/mol. The Morgan fingerprint density at radius 3 is 2.71 bits per heavy atom. The summed E-state index contributed by atoms with van der Waals surface area (Å²) >= 11 is 0. The second-order valence-corrected chi connectivity index (χ2v) is 9.20. The van der Waals surface area contributed by atoms with Gasteiger partial charge in [0.05, 0.1) is 28.6 Å². The molecule has 0 bridgehead atoms. The standard InChI is InChI=1S/C26H24N8O/c1-15-24-20(8-9-21(24)35)34(31-15)23-12-22(28)30-26-19(10-11-29-23)25(32-33(26)14-17-2-3-17)18-6-4-16(13-27)5-7-18/h4-7,10-12,17,30H,2-3,8-9,14,28H2,1H3. The largest absolute Gasteiger partial charge is 0.385 e. The van der Waals surface area contributed by atoms with Crippen molar-refractivity contribution in [2.45, 2.75) is 39.2 Å². The molecular formula is C26H24N8O. The highest BCUT2D eigenvalue weighted by Crippen LogP contribution is 2.34. The van der Waals surface area contributed by atoms with Crippen molar-refractivity contribution in [3.05, 3.63) is 65.1 Å². The van der Waals surface area contributed by atoms with E-state index < -0.39 is 0 Å². The average Bonchev–Trinajstić information content (AvgIpc) is 3.34. The molecule has 2 aliphatic rings. The van der Waals surface area contributed by atoms with E-state index in [-0.39, 0.29) is 5.78 Å². The van der Waals surface area contributed by atoms with Crippen molar-refractivity contribution in [1.82, 2.24) is 29.5 Å². The van der Waals surface area contributed by atoms with Crippen LogP contribution in [0, 0.1) is 24.2 Å². The van der Waals surface area contributed by atoms with Crippen LogP contribution in [0.2, 0.25) is 0 Å². The fraction of sp³-hybridized carbons (Fsp3) is 0.269. The van der Waals surface area contributed by atoms with E-state index in [4.69, 9.17) is 10.8 Å². The van der Waals surface area contributed by atoms with Gasteiger partial charge in [0.15, 0.2) is 11.6 Å². The second-order valence-electron chi connectivity index (χ2n) is 9.20. The SMILES string of the molecule is Cc1nn(-c2cc(N)[nH]c3c(ccn2)c(-c2ccc(C#N)cc2)nn3CC2CC2)c2c1C(=O)CC2. The number of nitrogens with zero attached hydrogens (tertiary/aromatic N) is 6. The van der Waals surface area contributed by atoms with Gasteiger partial charge < -0.3 is 10.7 Å². The molecule has 0 amide bonds. The van der Waals surface area contributed by atoms with E-state index in [9.17, 15) is 10.1 Å². The number of hydrogen-bond donors (Lipinski definition) is 2. The van der Waals surface area contributed by atoms with Gasteiger partial charge in [0, 0.05) is 36.2 Å². The van der Waals surface area contributed by atoms with Crippen LogP contribution in [-0.4, -0.2) is 35.3 Å². The fourth-order valence-corrected chi connectivity index (χ4v) is 4.73. The first kappa shape index (κ1) is 21.1. The van der Waals surface area contributed by atoms with Gasteiger partial charge in [-0.25, -0.2) is 14.3 Å². The molecular weight excluding hydrogens is 440 g/mol. The van der Waals surface area contributed by atoms with Gasteiger partial charge in [0.25, 0.3) is 0 Å². The summed E-state index contributed by atoms with van der Waals surface area (Å²) in [5.41, 5.74) is 11.8. The lowest BCUT2D eigenvalue weighted by Crippen LogP contribution is -2.04. The Morgan fingerprint density at radius 1 is 1.17 bits per heavy atom. The first-order valence-corrected chi connectivity index (χ1v) is 11.7. The molecule has 0 unspecified atom stereocenters. The summed E-state index contributed by atoms with van der Waals surface area (Å²) in [5.74, 6) is 1.67. The number of benzene rings is 1. The van der Waals surface area contributed by atoms with Crippen molar-refractivity contribution < 1.29 is 4.79 Å². The van der Waals surface area contributed by atoms with Crippen LogP contribution in [0.15, 0.2) is 42.6 Å². The van der Waals surface area contributed by atoms with E-state index in [0.29, 0.717) is 47.2 Å². The van der Waals surface area contributed by atoms with Crippen molar-refractivity contribution in [2.75, 3.05) is 5.73 Å². The highest BCUT2D eigenvalue weighted by molar-refractivity contribution is 6.01. The molecule has 9 nitrogen and oxygen atoms in total. The monoisotopic (exact) mass is 464 g/mol. The van der Waals surface area contributed by atoms with Gasteiger partial charge in [-0.05, 0) is 50.3 Å². The van der Waals surface area contributed by atoms with Gasteiger partial charge in [0.1, 0.15) is 17.2 Å². The number of ketones is 1. The van der Waals surface area contributed by atoms with Crippen LogP contribution in [-0.2, 0) is 13.0 Å². The van der Waals surface area contributed by atoms with Crippen LogP contribution in [0.1, 0.15) is 46.6 Å². The Kier molecular flexibility index (Phi) is 4.88. The molecule has 1 saturated carbocycles. The number of aromatic amines is 1. The van der Waals surface area contributed by atoms with Crippen LogP contribution in [0.4, 0.5) is 5.82 Å². The Morgan fingerprint density at radius 2 is 1.97 bits per heavy atom. The van der Waals surface area contributed by atoms with Crippen LogP contribution >= 0.6 is 0 Å². The summed E-state index contributed by atoms with van der Waals surface area (Å²) in [7, 11) is 0. The van der Waals surface area contributed by atoms with Gasteiger partial charge in [-0.2, -0.15) is 15.5 Å². The maximum atomic E-state index is 12.3. The highest BCUT2D eigenvalue weighted by Gasteiger charge is 2.28. The zero-order valence-corrected chi connectivity index (χ0v) is 19.3. The predicted octanol–water partition coefficient (Wildman–Crippen LogP) is 4.04. The molecule has 0 radical (unpaired) electrons. The lowest BCUT2D eigenvalue weighted by Gasteiger charge is -2.03. The maximum absolute atomic E-state index is 12.3. The predicted molar refractivity (Wildman–Crippen MR) is 131 cm³/mol. The molecule has 4 aromatic rings. The number of carbonyl (C=O) groups excluding carboxylic acids is 1. The van der Waals surface area contributed by atoms with Crippen LogP contribution < -0.4 is 5.73 Å². The summed E-state index contributed by atoms with van der Waals surface area (Å²) in [6.07, 6.45) is 5.24. The molecule has 35 heavy (non-hydrogen) atoms. The minimum atomic E-state index is 0.123. The molecule has 0 atom stereocenters. The van der Waals surface area contributed by atoms with Crippen molar-refractivity contribution in [3.8, 4) is 23.1 Å². The second kappa shape index (κ2) is 8.09. The Balaban J connectivity index is 1.55. The number of hydrogen-bond acceptors (Lipinski definition) is 6. The Labute approximate surface area is 201 Å². The van der Waals surface area contributed by atoms with E-state index in [1.54, 1.807) is 29.1 Å². The third kappa shape index (κ3) is 3.73. The summed E-state index contributed by atoms with van der Waals surface area (Å²) in [6.45, 7) is 2.65. The number of aryl methyl sites for hydroxylation is 1. The minimum Gasteiger partial charge on any atom is -0.385 e. The van der Waals surface area contributed by atoms with E-state index >= 15 is 0 Å². The number of anilines is 1. The number of nitrogens with one attached hydrogen (secondary N) is 1. The Bertz CT molecular complexity index is 1580. The summed E-state index contributed by atoms with van der Waals surface area (Å²) in [6, 6.07) is 13.2. The number of Topliss-reactive ketones (excluding diaryl/α,β-unsaturated/α-hetero) is 1. The number of carbonyl (C=O) groups is 1. The lowest BCUT2D eigenvalue weighted by atomic mass is 10.1. The van der Waals surface area contributed by atoms with E-state index in [1.165, 1.54) is 12.8 Å². The number of fused-ring (bicyclic) bond motifs is 2. The van der Waals surface area contributed by atoms with E-state index in [1.807, 2.05) is 29.8 Å².